The highest BCUT2D eigenvalue weighted by Crippen LogP contribution is 2.20. The summed E-state index contributed by atoms with van der Waals surface area (Å²) >= 11 is 1.77. The van der Waals surface area contributed by atoms with Gasteiger partial charge in [-0.05, 0) is 25.7 Å². The van der Waals surface area contributed by atoms with E-state index in [1.54, 1.807) is 11.3 Å². The monoisotopic (exact) mass is 510 g/mol. The van der Waals surface area contributed by atoms with Gasteiger partial charge in [0.05, 0.1) is 31.3 Å². The number of unbranched alkanes of at least 4 members (excludes halogenated alkanes) is 15. The molecule has 2 rings (SSSR count). The lowest BCUT2D eigenvalue weighted by Crippen LogP contribution is -2.29. The molecule has 35 heavy (non-hydrogen) atoms. The van der Waals surface area contributed by atoms with Crippen LogP contribution in [0.5, 0.6) is 0 Å². The Morgan fingerprint density at radius 1 is 0.743 bits per heavy atom. The van der Waals surface area contributed by atoms with Gasteiger partial charge in [0.15, 0.2) is 6.20 Å². The zero-order valence-corrected chi connectivity index (χ0v) is 23.8. The van der Waals surface area contributed by atoms with E-state index in [0.29, 0.717) is 5.92 Å². The average Bonchev–Trinajstić information content (AvgIpc) is 3.55. The number of thiazole rings is 1. The molecule has 0 spiro atoms. The van der Waals surface area contributed by atoms with Crippen molar-refractivity contribution >= 4 is 11.3 Å². The second-order valence-electron chi connectivity index (χ2n) is 10.6. The molecule has 4 nitrogen and oxygen atoms in total. The third-order valence-corrected chi connectivity index (χ3v) is 7.87. The molecule has 0 amide bonds. The van der Waals surface area contributed by atoms with Crippen LogP contribution in [0.25, 0.3) is 0 Å². The Morgan fingerprint density at radius 2 is 1.31 bits per heavy atom. The van der Waals surface area contributed by atoms with Gasteiger partial charge in [0.25, 0.3) is 0 Å². The summed E-state index contributed by atoms with van der Waals surface area (Å²) in [5, 5.41) is 2.14. The predicted molar refractivity (Wildman–Crippen MR) is 148 cm³/mol. The normalized spacial score (nSPS) is 18.0. The van der Waals surface area contributed by atoms with Crippen molar-refractivity contribution in [2.75, 3.05) is 33.0 Å². The van der Waals surface area contributed by atoms with Crippen LogP contribution in [0.15, 0.2) is 17.1 Å². The van der Waals surface area contributed by atoms with Crippen molar-refractivity contribution in [3.8, 4) is 0 Å². The fourth-order valence-corrected chi connectivity index (χ4v) is 5.57. The van der Waals surface area contributed by atoms with Gasteiger partial charge in [-0.2, -0.15) is 4.57 Å². The fraction of sp³-hybridized carbons (Fsp3) is 0.900. The van der Waals surface area contributed by atoms with E-state index < -0.39 is 0 Å². The summed E-state index contributed by atoms with van der Waals surface area (Å²) in [6, 6.07) is 0. The van der Waals surface area contributed by atoms with Crippen molar-refractivity contribution in [1.82, 2.24) is 0 Å². The highest BCUT2D eigenvalue weighted by Gasteiger charge is 2.25. The van der Waals surface area contributed by atoms with Gasteiger partial charge in [-0.25, -0.2) is 0 Å². The van der Waals surface area contributed by atoms with Crippen LogP contribution in [0.4, 0.5) is 0 Å². The van der Waals surface area contributed by atoms with Crippen LogP contribution in [-0.4, -0.2) is 39.1 Å². The third kappa shape index (κ3) is 17.6. The molecule has 2 heterocycles. The van der Waals surface area contributed by atoms with Crippen molar-refractivity contribution in [2.45, 2.75) is 135 Å². The van der Waals surface area contributed by atoms with Gasteiger partial charge in [0, 0.05) is 25.6 Å². The molecule has 1 aromatic rings. The summed E-state index contributed by atoms with van der Waals surface area (Å²) < 4.78 is 20.0. The van der Waals surface area contributed by atoms with Crippen molar-refractivity contribution in [1.29, 1.82) is 0 Å². The molecule has 0 aromatic carbocycles. The maximum Gasteiger partial charge on any atom is 0.224 e. The maximum atomic E-state index is 5.95. The number of aromatic nitrogens is 1. The number of hydrogen-bond acceptors (Lipinski definition) is 4. The zero-order valence-electron chi connectivity index (χ0n) is 22.9. The van der Waals surface area contributed by atoms with E-state index in [-0.39, 0.29) is 6.10 Å². The van der Waals surface area contributed by atoms with E-state index >= 15 is 0 Å². The third-order valence-electron chi connectivity index (χ3n) is 7.20. The number of aryl methyl sites for hydroxylation is 1. The van der Waals surface area contributed by atoms with Gasteiger partial charge in [-0.3, -0.25) is 0 Å². The molecular weight excluding hydrogens is 454 g/mol. The topological polar surface area (TPSA) is 31.6 Å². The smallest absolute Gasteiger partial charge is 0.224 e. The van der Waals surface area contributed by atoms with Crippen LogP contribution in [0.2, 0.25) is 0 Å². The minimum Gasteiger partial charge on any atom is -0.381 e. The minimum absolute atomic E-state index is 0.276. The largest absolute Gasteiger partial charge is 0.381 e. The first-order valence-electron chi connectivity index (χ1n) is 15.1. The van der Waals surface area contributed by atoms with E-state index in [4.69, 9.17) is 14.2 Å². The Labute approximate surface area is 221 Å². The summed E-state index contributed by atoms with van der Waals surface area (Å²) in [6.07, 6.45) is 26.6. The summed E-state index contributed by atoms with van der Waals surface area (Å²) in [5.74, 6) is 0.557. The second-order valence-corrected chi connectivity index (χ2v) is 11.4. The quantitative estimate of drug-likeness (QED) is 0.0983. The Bertz CT molecular complexity index is 554. The Balaban J connectivity index is 1.26. The molecule has 2 atom stereocenters. The molecule has 0 saturated carbocycles. The molecule has 0 unspecified atom stereocenters. The molecule has 1 saturated heterocycles. The van der Waals surface area contributed by atoms with Crippen molar-refractivity contribution < 1.29 is 18.8 Å². The summed E-state index contributed by atoms with van der Waals surface area (Å²) in [4.78, 5) is 0. The van der Waals surface area contributed by atoms with Gasteiger partial charge in [-0.15, -0.1) is 0 Å². The molecular formula is C30H56NO3S+. The van der Waals surface area contributed by atoms with Gasteiger partial charge < -0.3 is 14.2 Å². The molecule has 1 aliphatic rings. The molecule has 1 aromatic heterocycles. The molecule has 1 fully saturated rings. The van der Waals surface area contributed by atoms with Gasteiger partial charge in [0.1, 0.15) is 6.54 Å². The first kappa shape index (κ1) is 30.7. The summed E-state index contributed by atoms with van der Waals surface area (Å²) in [6.45, 7) is 7.69. The minimum atomic E-state index is 0.276. The van der Waals surface area contributed by atoms with E-state index in [1.807, 2.05) is 0 Å². The van der Waals surface area contributed by atoms with Crippen molar-refractivity contribution in [3.63, 3.8) is 0 Å². The standard InChI is InChI=1S/C30H56NO3S/c1-2-3-4-5-6-7-8-9-10-11-14-17-21-32-25-29-24-30(34-26-29)27-33-22-18-15-12-13-16-19-31-20-23-35-28-31/h20,23,28-30H,2-19,21-22,24-27H2,1H3/q+1/t29-,30-/m1/s1. The lowest BCUT2D eigenvalue weighted by Gasteiger charge is -2.11. The Morgan fingerprint density at radius 3 is 1.91 bits per heavy atom. The van der Waals surface area contributed by atoms with Crippen LogP contribution in [0.1, 0.15) is 122 Å². The van der Waals surface area contributed by atoms with Crippen LogP contribution in [0.3, 0.4) is 0 Å². The number of rotatable bonds is 25. The van der Waals surface area contributed by atoms with Crippen LogP contribution in [0, 0.1) is 5.92 Å². The SMILES string of the molecule is CCCCCCCCCCCCCCOC[C@@H]1CO[C@@H](COCCCCCCC[n+]2ccsc2)C1. The van der Waals surface area contributed by atoms with E-state index in [1.165, 1.54) is 109 Å². The number of nitrogens with zero attached hydrogens (tertiary/aromatic N) is 1. The van der Waals surface area contributed by atoms with Crippen LogP contribution in [-0.2, 0) is 20.8 Å². The number of hydrogen-bond donors (Lipinski definition) is 0. The molecule has 204 valence electrons. The van der Waals surface area contributed by atoms with E-state index in [9.17, 15) is 0 Å². The lowest BCUT2D eigenvalue weighted by molar-refractivity contribution is -0.692. The molecule has 0 N–H and O–H groups in total. The first-order chi connectivity index (χ1) is 17.4. The predicted octanol–water partition coefficient (Wildman–Crippen LogP) is 8.13. The number of ether oxygens (including phenoxy) is 3. The first-order valence-corrected chi connectivity index (χ1v) is 16.0. The van der Waals surface area contributed by atoms with E-state index in [0.717, 1.165) is 46.0 Å². The van der Waals surface area contributed by atoms with Gasteiger partial charge in [-0.1, -0.05) is 102 Å². The lowest BCUT2D eigenvalue weighted by atomic mass is 10.1. The highest BCUT2D eigenvalue weighted by atomic mass is 32.1. The van der Waals surface area contributed by atoms with Crippen LogP contribution >= 0.6 is 11.3 Å². The molecule has 0 bridgehead atoms. The molecule has 1 aliphatic heterocycles. The molecule has 0 aliphatic carbocycles. The van der Waals surface area contributed by atoms with E-state index in [2.05, 4.69) is 28.6 Å². The average molecular weight is 511 g/mol. The maximum absolute atomic E-state index is 5.95. The highest BCUT2D eigenvalue weighted by molar-refractivity contribution is 7.07. The summed E-state index contributed by atoms with van der Waals surface area (Å²) in [7, 11) is 0. The zero-order chi connectivity index (χ0) is 24.7. The molecule has 0 radical (unpaired) electrons. The Kier molecular flexibility index (Phi) is 19.9. The van der Waals surface area contributed by atoms with Crippen LogP contribution < -0.4 is 4.57 Å². The van der Waals surface area contributed by atoms with Gasteiger partial charge >= 0.3 is 0 Å². The van der Waals surface area contributed by atoms with Crippen molar-refractivity contribution in [3.05, 3.63) is 17.1 Å². The van der Waals surface area contributed by atoms with Crippen molar-refractivity contribution in [2.24, 2.45) is 5.92 Å². The molecule has 5 heteroatoms. The van der Waals surface area contributed by atoms with Gasteiger partial charge in [0.2, 0.25) is 5.51 Å². The second kappa shape index (κ2) is 22.7. The fourth-order valence-electron chi connectivity index (χ4n) is 4.94. The Hall–Kier alpha value is -0.490. The summed E-state index contributed by atoms with van der Waals surface area (Å²) in [5.41, 5.74) is 2.19.